The van der Waals surface area contributed by atoms with Gasteiger partial charge in [-0.3, -0.25) is 0 Å². The minimum absolute atomic E-state index is 0.356. The van der Waals surface area contributed by atoms with E-state index in [1.807, 2.05) is 6.20 Å². The number of nitrogens with zero attached hydrogens (tertiary/aromatic N) is 1. The molecular formula is C12H21N3S. The smallest absolute Gasteiger partial charge is 0.109 e. The first kappa shape index (κ1) is 12.0. The van der Waals surface area contributed by atoms with E-state index < -0.39 is 0 Å². The molecule has 1 heterocycles. The molecule has 1 fully saturated rings. The molecule has 1 aromatic rings. The molecular weight excluding hydrogens is 218 g/mol. The van der Waals surface area contributed by atoms with Crippen molar-refractivity contribution in [2.75, 3.05) is 0 Å². The number of hydrogen-bond donors (Lipinski definition) is 2. The van der Waals surface area contributed by atoms with Crippen LogP contribution in [0.5, 0.6) is 0 Å². The van der Waals surface area contributed by atoms with Gasteiger partial charge >= 0.3 is 0 Å². The van der Waals surface area contributed by atoms with Gasteiger partial charge in [0, 0.05) is 23.2 Å². The van der Waals surface area contributed by atoms with Gasteiger partial charge in [0.2, 0.25) is 0 Å². The van der Waals surface area contributed by atoms with E-state index in [2.05, 4.69) is 24.1 Å². The molecule has 0 aliphatic heterocycles. The van der Waals surface area contributed by atoms with Crippen molar-refractivity contribution < 1.29 is 0 Å². The summed E-state index contributed by atoms with van der Waals surface area (Å²) in [4.78, 5) is 5.71. The largest absolute Gasteiger partial charge is 0.328 e. The standard InChI is InChI=1S/C12H21N3S/c1-8-7-14-12(16-8)9(2)15-11-5-3-4-10(13)6-11/h7,9-11,15H,3-6,13H2,1-2H3. The van der Waals surface area contributed by atoms with Crippen LogP contribution in [0.2, 0.25) is 0 Å². The molecule has 1 aromatic heterocycles. The maximum atomic E-state index is 5.99. The summed E-state index contributed by atoms with van der Waals surface area (Å²) in [6, 6.07) is 1.31. The van der Waals surface area contributed by atoms with Crippen molar-refractivity contribution in [3.63, 3.8) is 0 Å². The van der Waals surface area contributed by atoms with Crippen molar-refractivity contribution in [2.24, 2.45) is 5.73 Å². The van der Waals surface area contributed by atoms with E-state index in [9.17, 15) is 0 Å². The van der Waals surface area contributed by atoms with Crippen molar-refractivity contribution >= 4 is 11.3 Å². The Morgan fingerprint density at radius 2 is 2.38 bits per heavy atom. The summed E-state index contributed by atoms with van der Waals surface area (Å²) in [7, 11) is 0. The zero-order chi connectivity index (χ0) is 11.5. The topological polar surface area (TPSA) is 50.9 Å². The van der Waals surface area contributed by atoms with E-state index >= 15 is 0 Å². The first-order valence-corrected chi connectivity index (χ1v) is 6.90. The van der Waals surface area contributed by atoms with Gasteiger partial charge in [0.15, 0.2) is 0 Å². The molecule has 0 amide bonds. The lowest BCUT2D eigenvalue weighted by Crippen LogP contribution is -2.40. The molecule has 4 heteroatoms. The van der Waals surface area contributed by atoms with Crippen LogP contribution in [0.3, 0.4) is 0 Å². The van der Waals surface area contributed by atoms with Gasteiger partial charge in [0.05, 0.1) is 6.04 Å². The minimum Gasteiger partial charge on any atom is -0.328 e. The highest BCUT2D eigenvalue weighted by Crippen LogP contribution is 2.23. The van der Waals surface area contributed by atoms with Crippen LogP contribution in [-0.2, 0) is 0 Å². The SMILES string of the molecule is Cc1cnc(C(C)NC2CCCC(N)C2)s1. The van der Waals surface area contributed by atoms with Gasteiger partial charge in [-0.2, -0.15) is 0 Å². The second-order valence-corrected chi connectivity index (χ2v) is 6.09. The molecule has 3 unspecified atom stereocenters. The van der Waals surface area contributed by atoms with E-state index in [0.717, 1.165) is 6.42 Å². The molecule has 0 aromatic carbocycles. The second-order valence-electron chi connectivity index (χ2n) is 4.82. The van der Waals surface area contributed by atoms with Crippen LogP contribution in [0, 0.1) is 6.92 Å². The van der Waals surface area contributed by atoms with E-state index in [1.165, 1.54) is 29.1 Å². The number of rotatable bonds is 3. The predicted octanol–water partition coefficient (Wildman–Crippen LogP) is 2.37. The summed E-state index contributed by atoms with van der Waals surface area (Å²) >= 11 is 1.78. The zero-order valence-corrected chi connectivity index (χ0v) is 10.9. The highest BCUT2D eigenvalue weighted by atomic mass is 32.1. The molecule has 0 bridgehead atoms. The first-order valence-electron chi connectivity index (χ1n) is 6.09. The number of nitrogens with two attached hydrogens (primary N) is 1. The van der Waals surface area contributed by atoms with Crippen molar-refractivity contribution in [1.29, 1.82) is 0 Å². The molecule has 1 saturated carbocycles. The Morgan fingerprint density at radius 1 is 1.56 bits per heavy atom. The number of nitrogens with one attached hydrogen (secondary N) is 1. The molecule has 0 spiro atoms. The lowest BCUT2D eigenvalue weighted by molar-refractivity contribution is 0.318. The fraction of sp³-hybridized carbons (Fsp3) is 0.750. The quantitative estimate of drug-likeness (QED) is 0.851. The number of hydrogen-bond acceptors (Lipinski definition) is 4. The fourth-order valence-corrected chi connectivity index (χ4v) is 3.16. The van der Waals surface area contributed by atoms with Crippen LogP contribution in [0.1, 0.15) is 48.5 Å². The van der Waals surface area contributed by atoms with Gasteiger partial charge in [0.1, 0.15) is 5.01 Å². The van der Waals surface area contributed by atoms with Gasteiger partial charge in [-0.1, -0.05) is 6.42 Å². The van der Waals surface area contributed by atoms with Gasteiger partial charge in [0.25, 0.3) is 0 Å². The number of aromatic nitrogens is 1. The molecule has 1 aliphatic rings. The Labute approximate surface area is 101 Å². The lowest BCUT2D eigenvalue weighted by Gasteiger charge is -2.29. The molecule has 3 nitrogen and oxygen atoms in total. The maximum absolute atomic E-state index is 5.99. The maximum Gasteiger partial charge on any atom is 0.109 e. The third kappa shape index (κ3) is 3.03. The van der Waals surface area contributed by atoms with Gasteiger partial charge in [-0.05, 0) is 33.1 Å². The molecule has 1 aliphatic carbocycles. The van der Waals surface area contributed by atoms with Gasteiger partial charge in [-0.15, -0.1) is 11.3 Å². The van der Waals surface area contributed by atoms with Crippen LogP contribution in [-0.4, -0.2) is 17.1 Å². The average molecular weight is 239 g/mol. The molecule has 3 atom stereocenters. The zero-order valence-electron chi connectivity index (χ0n) is 10.1. The Kier molecular flexibility index (Phi) is 3.95. The summed E-state index contributed by atoms with van der Waals surface area (Å²) in [5, 5.41) is 4.84. The van der Waals surface area contributed by atoms with E-state index in [1.54, 1.807) is 11.3 Å². The average Bonchev–Trinajstić information content (AvgIpc) is 2.65. The highest BCUT2D eigenvalue weighted by Gasteiger charge is 2.21. The highest BCUT2D eigenvalue weighted by molar-refractivity contribution is 7.11. The van der Waals surface area contributed by atoms with Gasteiger partial charge in [-0.25, -0.2) is 4.98 Å². The molecule has 16 heavy (non-hydrogen) atoms. The number of thiazole rings is 1. The van der Waals surface area contributed by atoms with E-state index in [4.69, 9.17) is 5.73 Å². The van der Waals surface area contributed by atoms with Crippen molar-refractivity contribution in [3.8, 4) is 0 Å². The summed E-state index contributed by atoms with van der Waals surface area (Å²) in [6.07, 6.45) is 6.74. The van der Waals surface area contributed by atoms with Crippen molar-refractivity contribution in [2.45, 2.75) is 57.7 Å². The van der Waals surface area contributed by atoms with Crippen LogP contribution in [0.15, 0.2) is 6.20 Å². The Morgan fingerprint density at radius 3 is 3.00 bits per heavy atom. The Balaban J connectivity index is 1.89. The Bertz CT molecular complexity index is 337. The molecule has 2 rings (SSSR count). The van der Waals surface area contributed by atoms with Crippen LogP contribution >= 0.6 is 11.3 Å². The summed E-state index contributed by atoms with van der Waals surface area (Å²) < 4.78 is 0. The minimum atomic E-state index is 0.356. The number of aryl methyl sites for hydroxylation is 1. The summed E-state index contributed by atoms with van der Waals surface area (Å²) in [5.41, 5.74) is 5.99. The Hall–Kier alpha value is -0.450. The molecule has 0 saturated heterocycles. The fourth-order valence-electron chi connectivity index (χ4n) is 2.38. The molecule has 3 N–H and O–H groups in total. The predicted molar refractivity (Wildman–Crippen MR) is 68.6 cm³/mol. The summed E-state index contributed by atoms with van der Waals surface area (Å²) in [5.74, 6) is 0. The second kappa shape index (κ2) is 5.25. The third-order valence-corrected chi connectivity index (χ3v) is 4.31. The van der Waals surface area contributed by atoms with Crippen molar-refractivity contribution in [3.05, 3.63) is 16.1 Å². The van der Waals surface area contributed by atoms with Crippen LogP contribution in [0.4, 0.5) is 0 Å². The van der Waals surface area contributed by atoms with Gasteiger partial charge < -0.3 is 11.1 Å². The van der Waals surface area contributed by atoms with E-state index in [-0.39, 0.29) is 0 Å². The van der Waals surface area contributed by atoms with Crippen LogP contribution < -0.4 is 11.1 Å². The molecule has 90 valence electrons. The normalized spacial score (nSPS) is 27.9. The van der Waals surface area contributed by atoms with Crippen molar-refractivity contribution in [1.82, 2.24) is 10.3 Å². The molecule has 0 radical (unpaired) electrons. The monoisotopic (exact) mass is 239 g/mol. The summed E-state index contributed by atoms with van der Waals surface area (Å²) in [6.45, 7) is 4.29. The first-order chi connectivity index (χ1) is 7.65. The van der Waals surface area contributed by atoms with Crippen LogP contribution in [0.25, 0.3) is 0 Å². The van der Waals surface area contributed by atoms with E-state index in [0.29, 0.717) is 18.1 Å². The third-order valence-electron chi connectivity index (χ3n) is 3.21. The lowest BCUT2D eigenvalue weighted by atomic mass is 9.91.